The third-order valence-electron chi connectivity index (χ3n) is 5.39. The van der Waals surface area contributed by atoms with E-state index in [-0.39, 0.29) is 18.3 Å². The van der Waals surface area contributed by atoms with Gasteiger partial charge >= 0.3 is 0 Å². The van der Waals surface area contributed by atoms with Crippen molar-refractivity contribution in [2.24, 2.45) is 11.8 Å². The highest BCUT2D eigenvalue weighted by Gasteiger charge is 2.40. The summed E-state index contributed by atoms with van der Waals surface area (Å²) in [6.45, 7) is 1.02. The van der Waals surface area contributed by atoms with Crippen LogP contribution in [0.5, 0.6) is 0 Å². The van der Waals surface area contributed by atoms with Crippen LogP contribution in [0.4, 0.5) is 5.69 Å². The molecule has 2 fully saturated rings. The molecule has 3 aliphatic rings. The Labute approximate surface area is 132 Å². The van der Waals surface area contributed by atoms with Gasteiger partial charge in [0.2, 0.25) is 0 Å². The molecule has 0 spiro atoms. The summed E-state index contributed by atoms with van der Waals surface area (Å²) in [5.74, 6) is 1.75. The van der Waals surface area contributed by atoms with Crippen molar-refractivity contribution in [2.75, 3.05) is 11.9 Å². The van der Waals surface area contributed by atoms with Crippen molar-refractivity contribution < 1.29 is 4.79 Å². The Hall–Kier alpha value is -1.22. The first-order valence-electron chi connectivity index (χ1n) is 7.98. The first-order chi connectivity index (χ1) is 9.81. The van der Waals surface area contributed by atoms with Gasteiger partial charge in [0, 0.05) is 23.8 Å². The molecule has 114 valence electrons. The van der Waals surface area contributed by atoms with E-state index in [0.29, 0.717) is 6.04 Å². The van der Waals surface area contributed by atoms with Crippen LogP contribution in [0.1, 0.15) is 48.0 Å². The van der Waals surface area contributed by atoms with Crippen LogP contribution in [0.3, 0.4) is 0 Å². The number of benzene rings is 1. The molecule has 4 heteroatoms. The Balaban J connectivity index is 0.00000132. The lowest BCUT2D eigenvalue weighted by molar-refractivity contribution is 0.0922. The van der Waals surface area contributed by atoms with Crippen LogP contribution >= 0.6 is 12.4 Å². The number of nitrogens with one attached hydrogen (secondary N) is 2. The van der Waals surface area contributed by atoms with Crippen molar-refractivity contribution in [2.45, 2.75) is 44.6 Å². The molecule has 21 heavy (non-hydrogen) atoms. The molecule has 2 aliphatic carbocycles. The number of hydrogen-bond acceptors (Lipinski definition) is 2. The normalized spacial score (nSPS) is 29.2. The van der Waals surface area contributed by atoms with Crippen LogP contribution in [-0.2, 0) is 6.42 Å². The predicted octanol–water partition coefficient (Wildman–Crippen LogP) is 3.38. The first kappa shape index (κ1) is 14.7. The van der Waals surface area contributed by atoms with E-state index in [1.165, 1.54) is 31.2 Å². The lowest BCUT2D eigenvalue weighted by atomic mass is 9.93. The fourth-order valence-corrected chi connectivity index (χ4v) is 4.39. The maximum Gasteiger partial charge on any atom is 0.251 e. The highest BCUT2D eigenvalue weighted by Crippen LogP contribution is 2.44. The van der Waals surface area contributed by atoms with Gasteiger partial charge in [-0.15, -0.1) is 12.4 Å². The van der Waals surface area contributed by atoms with E-state index < -0.39 is 0 Å². The number of anilines is 1. The number of halogens is 1. The number of amides is 1. The molecule has 1 aromatic rings. The summed E-state index contributed by atoms with van der Waals surface area (Å²) in [6, 6.07) is 6.48. The zero-order valence-corrected chi connectivity index (χ0v) is 13.0. The second kappa shape index (κ2) is 5.88. The first-order valence-corrected chi connectivity index (χ1v) is 7.98. The Kier molecular flexibility index (Phi) is 4.12. The van der Waals surface area contributed by atoms with Crippen LogP contribution in [-0.4, -0.2) is 18.5 Å². The third-order valence-corrected chi connectivity index (χ3v) is 5.39. The van der Waals surface area contributed by atoms with Crippen LogP contribution < -0.4 is 10.6 Å². The van der Waals surface area contributed by atoms with Gasteiger partial charge in [-0.2, -0.15) is 0 Å². The maximum absolute atomic E-state index is 12.6. The molecule has 3 nitrogen and oxygen atoms in total. The summed E-state index contributed by atoms with van der Waals surface area (Å²) in [6.07, 6.45) is 7.35. The summed E-state index contributed by atoms with van der Waals surface area (Å²) in [5.41, 5.74) is 3.24. The smallest absolute Gasteiger partial charge is 0.251 e. The van der Waals surface area contributed by atoms with Gasteiger partial charge in [0.15, 0.2) is 0 Å². The zero-order valence-electron chi connectivity index (χ0n) is 12.2. The van der Waals surface area contributed by atoms with E-state index in [4.69, 9.17) is 0 Å². The molecule has 0 radical (unpaired) electrons. The molecule has 3 atom stereocenters. The summed E-state index contributed by atoms with van der Waals surface area (Å²) in [7, 11) is 0. The summed E-state index contributed by atoms with van der Waals surface area (Å²) < 4.78 is 0. The van der Waals surface area contributed by atoms with Gasteiger partial charge in [-0.1, -0.05) is 12.5 Å². The number of hydrogen-bond donors (Lipinski definition) is 2. The van der Waals surface area contributed by atoms with Gasteiger partial charge < -0.3 is 10.6 Å². The Bertz CT molecular complexity index is 546. The predicted molar refractivity (Wildman–Crippen MR) is 87.2 cm³/mol. The lowest BCUT2D eigenvalue weighted by Crippen LogP contribution is -2.39. The highest BCUT2D eigenvalue weighted by atomic mass is 35.5. The standard InChI is InChI=1S/C17H22N2O.ClH/c20-17(19-16-10-11-6-7-12(16)9-11)14-3-1-5-15-13(14)4-2-8-18-15;/h1,3,5,11-12,16,18H,2,4,6-10H2,(H,19,20);1H. The lowest BCUT2D eigenvalue weighted by Gasteiger charge is -2.25. The van der Waals surface area contributed by atoms with E-state index in [2.05, 4.69) is 16.7 Å². The second-order valence-electron chi connectivity index (χ2n) is 6.62. The Morgan fingerprint density at radius 2 is 2.14 bits per heavy atom. The number of fused-ring (bicyclic) bond motifs is 3. The SMILES string of the molecule is Cl.O=C(NC1CC2CCC1C2)c1cccc2c1CCCN2. The van der Waals surface area contributed by atoms with Gasteiger partial charge in [-0.05, 0) is 61.6 Å². The molecule has 4 rings (SSSR count). The molecule has 1 aromatic carbocycles. The maximum atomic E-state index is 12.6. The number of carbonyl (C=O) groups is 1. The molecule has 1 heterocycles. The third kappa shape index (κ3) is 2.64. The number of rotatable bonds is 2. The summed E-state index contributed by atoms with van der Waals surface area (Å²) >= 11 is 0. The van der Waals surface area contributed by atoms with Crippen molar-refractivity contribution in [1.82, 2.24) is 5.32 Å². The van der Waals surface area contributed by atoms with Gasteiger partial charge in [0.05, 0.1) is 0 Å². The van der Waals surface area contributed by atoms with Crippen LogP contribution in [0.15, 0.2) is 18.2 Å². The Morgan fingerprint density at radius 3 is 2.90 bits per heavy atom. The fraction of sp³-hybridized carbons (Fsp3) is 0.588. The summed E-state index contributed by atoms with van der Waals surface area (Å²) in [5, 5.41) is 6.71. The van der Waals surface area contributed by atoms with Gasteiger partial charge in [0.25, 0.3) is 5.91 Å². The van der Waals surface area contributed by atoms with E-state index in [0.717, 1.165) is 42.5 Å². The molecule has 2 N–H and O–H groups in total. The minimum atomic E-state index is 0. The molecule has 2 saturated carbocycles. The monoisotopic (exact) mass is 306 g/mol. The highest BCUT2D eigenvalue weighted by molar-refractivity contribution is 5.97. The molecule has 2 bridgehead atoms. The number of carbonyl (C=O) groups excluding carboxylic acids is 1. The molecule has 1 amide bonds. The van der Waals surface area contributed by atoms with Crippen molar-refractivity contribution in [3.05, 3.63) is 29.3 Å². The van der Waals surface area contributed by atoms with E-state index in [1.54, 1.807) is 0 Å². The van der Waals surface area contributed by atoms with Gasteiger partial charge in [0.1, 0.15) is 0 Å². The van der Waals surface area contributed by atoms with Gasteiger partial charge in [-0.3, -0.25) is 4.79 Å². The quantitative estimate of drug-likeness (QED) is 0.879. The van der Waals surface area contributed by atoms with Crippen molar-refractivity contribution in [3.8, 4) is 0 Å². The Morgan fingerprint density at radius 1 is 1.24 bits per heavy atom. The van der Waals surface area contributed by atoms with Crippen LogP contribution in [0.25, 0.3) is 0 Å². The van der Waals surface area contributed by atoms with Crippen molar-refractivity contribution in [1.29, 1.82) is 0 Å². The van der Waals surface area contributed by atoms with Gasteiger partial charge in [-0.25, -0.2) is 0 Å². The van der Waals surface area contributed by atoms with Crippen molar-refractivity contribution >= 4 is 24.0 Å². The molecular formula is C17H23ClN2O. The molecular weight excluding hydrogens is 284 g/mol. The molecule has 1 aliphatic heterocycles. The minimum Gasteiger partial charge on any atom is -0.385 e. The van der Waals surface area contributed by atoms with Crippen LogP contribution in [0, 0.1) is 11.8 Å². The second-order valence-corrected chi connectivity index (χ2v) is 6.62. The molecule has 3 unspecified atom stereocenters. The van der Waals surface area contributed by atoms with E-state index in [9.17, 15) is 4.79 Å². The fourth-order valence-electron chi connectivity index (χ4n) is 4.39. The largest absolute Gasteiger partial charge is 0.385 e. The minimum absolute atomic E-state index is 0. The zero-order chi connectivity index (χ0) is 13.5. The average molecular weight is 307 g/mol. The van der Waals surface area contributed by atoms with E-state index >= 15 is 0 Å². The molecule has 0 saturated heterocycles. The summed E-state index contributed by atoms with van der Waals surface area (Å²) in [4.78, 5) is 12.6. The van der Waals surface area contributed by atoms with Crippen molar-refractivity contribution in [3.63, 3.8) is 0 Å². The average Bonchev–Trinajstić information content (AvgIpc) is 3.09. The molecule has 0 aromatic heterocycles. The van der Waals surface area contributed by atoms with Crippen LogP contribution in [0.2, 0.25) is 0 Å². The van der Waals surface area contributed by atoms with E-state index in [1.807, 2.05) is 12.1 Å². The topological polar surface area (TPSA) is 41.1 Å².